The fourth-order valence-electron chi connectivity index (χ4n) is 2.67. The van der Waals surface area contributed by atoms with Gasteiger partial charge in [0.1, 0.15) is 6.04 Å². The molecule has 7 nitrogen and oxygen atoms in total. The van der Waals surface area contributed by atoms with Crippen molar-refractivity contribution in [1.82, 2.24) is 10.2 Å². The van der Waals surface area contributed by atoms with Crippen molar-refractivity contribution >= 4 is 17.8 Å². The molecule has 7 heteroatoms. The van der Waals surface area contributed by atoms with Gasteiger partial charge in [-0.1, -0.05) is 30.3 Å². The Bertz CT molecular complexity index is 579. The fraction of sp³-hybridized carbons (Fsp3) is 0.438. The van der Waals surface area contributed by atoms with Crippen LogP contribution >= 0.6 is 0 Å². The number of ether oxygens (including phenoxy) is 1. The van der Waals surface area contributed by atoms with E-state index < -0.39 is 17.9 Å². The second-order valence-electron chi connectivity index (χ2n) is 5.62. The molecule has 1 heterocycles. The summed E-state index contributed by atoms with van der Waals surface area (Å²) in [4.78, 5) is 36.8. The Morgan fingerprint density at radius 3 is 2.26 bits per heavy atom. The van der Waals surface area contributed by atoms with E-state index in [0.717, 1.165) is 0 Å². The average molecular weight is 320 g/mol. The third-order valence-electron chi connectivity index (χ3n) is 3.58. The number of carbonyl (C=O) groups is 3. The van der Waals surface area contributed by atoms with Gasteiger partial charge in [0, 0.05) is 13.1 Å². The van der Waals surface area contributed by atoms with Crippen LogP contribution in [0.2, 0.25) is 0 Å². The summed E-state index contributed by atoms with van der Waals surface area (Å²) in [5, 5.41) is 11.1. The molecule has 0 aromatic heterocycles. The lowest BCUT2D eigenvalue weighted by atomic mass is 10.0. The maximum absolute atomic E-state index is 12.8. The summed E-state index contributed by atoms with van der Waals surface area (Å²) < 4.78 is 5.60. The number of nitrogens with zero attached hydrogens (tertiary/aromatic N) is 1. The zero-order chi connectivity index (χ0) is 17.0. The molecule has 1 saturated heterocycles. The summed E-state index contributed by atoms with van der Waals surface area (Å²) >= 11 is 0. The summed E-state index contributed by atoms with van der Waals surface area (Å²) in [5.41, 5.74) is 0.541. The molecule has 1 aromatic rings. The van der Waals surface area contributed by atoms with Crippen molar-refractivity contribution in [2.24, 2.45) is 0 Å². The van der Waals surface area contributed by atoms with Crippen molar-refractivity contribution in [2.75, 3.05) is 13.1 Å². The quantitative estimate of drug-likeness (QED) is 0.794. The second kappa shape index (κ2) is 7.23. The van der Waals surface area contributed by atoms with E-state index in [2.05, 4.69) is 5.32 Å². The molecule has 1 aliphatic heterocycles. The van der Waals surface area contributed by atoms with Gasteiger partial charge in [0.25, 0.3) is 0 Å². The van der Waals surface area contributed by atoms with Crippen molar-refractivity contribution in [3.8, 4) is 0 Å². The van der Waals surface area contributed by atoms with Gasteiger partial charge in [-0.3, -0.25) is 9.59 Å². The van der Waals surface area contributed by atoms with Crippen LogP contribution in [-0.4, -0.2) is 53.1 Å². The van der Waals surface area contributed by atoms with Gasteiger partial charge < -0.3 is 20.1 Å². The van der Waals surface area contributed by atoms with Gasteiger partial charge in [0.2, 0.25) is 5.91 Å². The monoisotopic (exact) mass is 320 g/mol. The maximum Gasteiger partial charge on any atom is 0.394 e. The summed E-state index contributed by atoms with van der Waals surface area (Å²) in [7, 11) is 0. The summed E-state index contributed by atoms with van der Waals surface area (Å²) in [6.45, 7) is 4.53. The van der Waals surface area contributed by atoms with Gasteiger partial charge in [0.05, 0.1) is 12.2 Å². The molecule has 0 unspecified atom stereocenters. The first-order valence-electron chi connectivity index (χ1n) is 7.41. The van der Waals surface area contributed by atoms with Crippen LogP contribution in [-0.2, 0) is 19.1 Å². The van der Waals surface area contributed by atoms with E-state index in [1.807, 2.05) is 13.8 Å². The molecule has 2 N–H and O–H groups in total. The first-order chi connectivity index (χ1) is 10.9. The molecule has 0 radical (unpaired) electrons. The van der Waals surface area contributed by atoms with Gasteiger partial charge in [0.15, 0.2) is 0 Å². The summed E-state index contributed by atoms with van der Waals surface area (Å²) in [5.74, 6) is -3.17. The largest absolute Gasteiger partial charge is 0.474 e. The van der Waals surface area contributed by atoms with Crippen molar-refractivity contribution in [2.45, 2.75) is 32.1 Å². The highest BCUT2D eigenvalue weighted by atomic mass is 16.5. The number of carbonyl (C=O) groups excluding carboxylic acids is 2. The van der Waals surface area contributed by atoms with Crippen molar-refractivity contribution in [3.63, 3.8) is 0 Å². The van der Waals surface area contributed by atoms with Gasteiger partial charge in [-0.05, 0) is 19.4 Å². The predicted molar refractivity (Wildman–Crippen MR) is 81.6 cm³/mol. The Kier molecular flexibility index (Phi) is 5.33. The zero-order valence-corrected chi connectivity index (χ0v) is 13.1. The highest BCUT2D eigenvalue weighted by Gasteiger charge is 2.33. The van der Waals surface area contributed by atoms with E-state index in [1.165, 1.54) is 0 Å². The minimum absolute atomic E-state index is 0.116. The summed E-state index contributed by atoms with van der Waals surface area (Å²) in [6.07, 6.45) is -0.233. The van der Waals surface area contributed by atoms with E-state index in [-0.39, 0.29) is 18.1 Å². The average Bonchev–Trinajstić information content (AvgIpc) is 2.51. The van der Waals surface area contributed by atoms with Crippen LogP contribution in [0.15, 0.2) is 30.3 Å². The lowest BCUT2D eigenvalue weighted by Gasteiger charge is -2.37. The second-order valence-corrected chi connectivity index (χ2v) is 5.62. The molecule has 3 atom stereocenters. The number of rotatable bonds is 3. The van der Waals surface area contributed by atoms with Gasteiger partial charge in [-0.25, -0.2) is 4.79 Å². The molecule has 1 aromatic carbocycles. The number of aliphatic carboxylic acids is 1. The molecule has 0 aliphatic carbocycles. The molecule has 0 saturated carbocycles. The van der Waals surface area contributed by atoms with Crippen LogP contribution in [0.5, 0.6) is 0 Å². The third kappa shape index (κ3) is 4.29. The number of benzene rings is 1. The molecule has 2 amide bonds. The Labute approximate surface area is 134 Å². The smallest absolute Gasteiger partial charge is 0.394 e. The normalized spacial score (nSPS) is 22.3. The van der Waals surface area contributed by atoms with E-state index in [0.29, 0.717) is 18.7 Å². The number of morpholine rings is 1. The van der Waals surface area contributed by atoms with Crippen molar-refractivity contribution < 1.29 is 24.2 Å². The molecular weight excluding hydrogens is 300 g/mol. The number of nitrogens with one attached hydrogen (secondary N) is 1. The Hall–Kier alpha value is -2.41. The highest BCUT2D eigenvalue weighted by molar-refractivity contribution is 6.32. The van der Waals surface area contributed by atoms with Crippen molar-refractivity contribution in [3.05, 3.63) is 35.9 Å². The van der Waals surface area contributed by atoms with Crippen LogP contribution in [0.4, 0.5) is 0 Å². The van der Waals surface area contributed by atoms with E-state index >= 15 is 0 Å². The standard InChI is InChI=1S/C16H20N2O5/c1-10-8-18(9-11(2)23-10)15(20)13(17-14(19)16(21)22)12-6-4-3-5-7-12/h3-7,10-11,13H,8-9H2,1-2H3,(H,17,19)(H,21,22)/t10-,11-,13-/m1/s1. The van der Waals surface area contributed by atoms with E-state index in [1.54, 1.807) is 35.2 Å². The number of carboxylic acid groups (broad SMARTS) is 1. The third-order valence-corrected chi connectivity index (χ3v) is 3.58. The first-order valence-corrected chi connectivity index (χ1v) is 7.41. The topological polar surface area (TPSA) is 95.9 Å². The van der Waals surface area contributed by atoms with Gasteiger partial charge >= 0.3 is 11.9 Å². The van der Waals surface area contributed by atoms with E-state index in [4.69, 9.17) is 9.84 Å². The van der Waals surface area contributed by atoms with Crippen LogP contribution in [0.1, 0.15) is 25.5 Å². The summed E-state index contributed by atoms with van der Waals surface area (Å²) in [6, 6.07) is 7.57. The van der Waals surface area contributed by atoms with Crippen molar-refractivity contribution in [1.29, 1.82) is 0 Å². The Morgan fingerprint density at radius 1 is 1.17 bits per heavy atom. The van der Waals surface area contributed by atoms with Crippen LogP contribution in [0.3, 0.4) is 0 Å². The SMILES string of the molecule is C[C@@H]1CN(C(=O)[C@H](NC(=O)C(=O)O)c2ccccc2)C[C@@H](C)O1. The molecule has 1 aliphatic rings. The van der Waals surface area contributed by atoms with Crippen LogP contribution < -0.4 is 5.32 Å². The molecule has 0 spiro atoms. The predicted octanol–water partition coefficient (Wildman–Crippen LogP) is 0.564. The fourth-order valence-corrected chi connectivity index (χ4v) is 2.67. The van der Waals surface area contributed by atoms with E-state index in [9.17, 15) is 14.4 Å². The molecule has 2 rings (SSSR count). The molecule has 124 valence electrons. The van der Waals surface area contributed by atoms with Crippen LogP contribution in [0, 0.1) is 0 Å². The maximum atomic E-state index is 12.8. The molecule has 23 heavy (non-hydrogen) atoms. The minimum atomic E-state index is -1.62. The molecular formula is C16H20N2O5. The number of hydrogen-bond donors (Lipinski definition) is 2. The minimum Gasteiger partial charge on any atom is -0.474 e. The lowest BCUT2D eigenvalue weighted by Crippen LogP contribution is -2.52. The number of amides is 2. The number of hydrogen-bond acceptors (Lipinski definition) is 4. The Morgan fingerprint density at radius 2 is 1.74 bits per heavy atom. The highest BCUT2D eigenvalue weighted by Crippen LogP contribution is 2.19. The Balaban J connectivity index is 2.24. The van der Waals surface area contributed by atoms with Crippen LogP contribution in [0.25, 0.3) is 0 Å². The zero-order valence-electron chi connectivity index (χ0n) is 13.1. The first kappa shape index (κ1) is 17.0. The molecule has 0 bridgehead atoms. The van der Waals surface area contributed by atoms with Gasteiger partial charge in [-0.15, -0.1) is 0 Å². The molecule has 1 fully saturated rings. The van der Waals surface area contributed by atoms with Gasteiger partial charge in [-0.2, -0.15) is 0 Å². The lowest BCUT2D eigenvalue weighted by molar-refractivity contribution is -0.153. The number of carboxylic acids is 1.